The highest BCUT2D eigenvalue weighted by molar-refractivity contribution is 7.90. The number of nitrogens with zero attached hydrogens (tertiary/aromatic N) is 3. The van der Waals surface area contributed by atoms with Crippen LogP contribution in [0.25, 0.3) is 0 Å². The second kappa shape index (κ2) is 13.6. The van der Waals surface area contributed by atoms with Gasteiger partial charge in [0.05, 0.1) is 41.3 Å². The van der Waals surface area contributed by atoms with Crippen molar-refractivity contribution in [2.75, 3.05) is 50.0 Å². The van der Waals surface area contributed by atoms with Crippen LogP contribution < -0.4 is 26.0 Å². The number of methoxy groups -OCH3 is 1. The first kappa shape index (κ1) is 33.7. The smallest absolute Gasteiger partial charge is 0.421 e. The highest BCUT2D eigenvalue weighted by atomic mass is 35.5. The molecule has 1 aromatic heterocycles. The minimum Gasteiger partial charge on any atom is -0.495 e. The molecule has 11 nitrogen and oxygen atoms in total. The second-order valence-corrected chi connectivity index (χ2v) is 14.1. The molecule has 1 saturated heterocycles. The van der Waals surface area contributed by atoms with E-state index >= 15 is 0 Å². The van der Waals surface area contributed by atoms with E-state index < -0.39 is 39.5 Å². The molecule has 2 heterocycles. The van der Waals surface area contributed by atoms with Crippen molar-refractivity contribution in [3.63, 3.8) is 0 Å². The zero-order valence-electron chi connectivity index (χ0n) is 25.4. The van der Waals surface area contributed by atoms with Crippen molar-refractivity contribution >= 4 is 44.8 Å². The molecule has 46 heavy (non-hydrogen) atoms. The van der Waals surface area contributed by atoms with Gasteiger partial charge in [0.15, 0.2) is 9.84 Å². The van der Waals surface area contributed by atoms with Crippen LogP contribution in [0.1, 0.15) is 45.9 Å². The van der Waals surface area contributed by atoms with Crippen molar-refractivity contribution in [1.29, 1.82) is 0 Å². The maximum atomic E-state index is 14.1. The van der Waals surface area contributed by atoms with Gasteiger partial charge in [-0.15, -0.1) is 0 Å². The van der Waals surface area contributed by atoms with Gasteiger partial charge in [-0.3, -0.25) is 10.1 Å². The Morgan fingerprint density at radius 2 is 1.89 bits per heavy atom. The molecule has 2 atom stereocenters. The van der Waals surface area contributed by atoms with Crippen LogP contribution >= 0.6 is 11.6 Å². The van der Waals surface area contributed by atoms with Gasteiger partial charge < -0.3 is 25.6 Å². The number of sulfone groups is 1. The normalized spacial score (nSPS) is 19.0. The van der Waals surface area contributed by atoms with Crippen LogP contribution in [0.2, 0.25) is 5.02 Å². The summed E-state index contributed by atoms with van der Waals surface area (Å²) in [6.07, 6.45) is -1.11. The van der Waals surface area contributed by atoms with E-state index in [1.807, 2.05) is 25.2 Å². The molecule has 0 spiro atoms. The van der Waals surface area contributed by atoms with Gasteiger partial charge in [0.2, 0.25) is 5.95 Å². The van der Waals surface area contributed by atoms with Crippen molar-refractivity contribution in [1.82, 2.24) is 25.5 Å². The first-order valence-corrected chi connectivity index (χ1v) is 17.0. The van der Waals surface area contributed by atoms with Gasteiger partial charge in [0.1, 0.15) is 17.1 Å². The maximum Gasteiger partial charge on any atom is 0.421 e. The van der Waals surface area contributed by atoms with Crippen LogP contribution in [0.5, 0.6) is 5.75 Å². The number of likely N-dealkylation sites (tertiary alicyclic amines) is 1. The third-order valence-electron chi connectivity index (χ3n) is 8.05. The first-order valence-electron chi connectivity index (χ1n) is 14.6. The van der Waals surface area contributed by atoms with Gasteiger partial charge in [-0.05, 0) is 62.7 Å². The van der Waals surface area contributed by atoms with E-state index in [9.17, 15) is 26.4 Å². The number of halogens is 4. The van der Waals surface area contributed by atoms with E-state index in [1.54, 1.807) is 6.07 Å². The maximum absolute atomic E-state index is 14.1. The minimum absolute atomic E-state index is 0.00358. The molecule has 0 saturated carbocycles. The lowest BCUT2D eigenvalue weighted by molar-refractivity contribution is -0.137. The molecule has 2 aromatic carbocycles. The molecule has 0 unspecified atom stereocenters. The molecule has 1 aliphatic heterocycles. The number of carbonyl (C=O) groups excluding carboxylic acids is 1. The number of fused-ring (bicyclic) bond motifs is 1. The van der Waals surface area contributed by atoms with Gasteiger partial charge in [-0.1, -0.05) is 35.9 Å². The standard InChI is InChI=1S/C30H35ClF3N7O4S/c1-41-10-8-18(9-11-41)37-28(42)20-13-25(45-2)23(14-22(20)31)39-29-35-15-21(30(32,33)34)27(40-29)38-24-12-17-6-4-5-7-19(17)26(24)36-16-46(3,43)44/h4-7,13-15,18,24,26,36H,8-12,16H2,1-3H3,(H,37,42)(H2,35,38,39,40)/t24-,26-/m1/s1. The van der Waals surface area contributed by atoms with Crippen LogP contribution in [0.15, 0.2) is 42.6 Å². The lowest BCUT2D eigenvalue weighted by atomic mass is 10.0. The Kier molecular flexibility index (Phi) is 9.96. The quantitative estimate of drug-likeness (QED) is 0.244. The summed E-state index contributed by atoms with van der Waals surface area (Å²) in [5.41, 5.74) is 0.971. The van der Waals surface area contributed by atoms with Gasteiger partial charge in [0, 0.05) is 18.5 Å². The third kappa shape index (κ3) is 8.00. The Balaban J connectivity index is 1.40. The number of ether oxygens (including phenoxy) is 1. The fourth-order valence-corrected chi connectivity index (χ4v) is 6.42. The predicted molar refractivity (Wildman–Crippen MR) is 169 cm³/mol. The summed E-state index contributed by atoms with van der Waals surface area (Å²) < 4.78 is 71.6. The monoisotopic (exact) mass is 681 g/mol. The SMILES string of the molecule is COc1cc(C(=O)NC2CCN(C)CC2)c(Cl)cc1Nc1ncc(C(F)(F)F)c(N[C@@H]2Cc3ccccc3[C@H]2NCS(C)(=O)=O)n1. The Morgan fingerprint density at radius 1 is 1.17 bits per heavy atom. The van der Waals surface area contributed by atoms with Gasteiger partial charge >= 0.3 is 6.18 Å². The van der Waals surface area contributed by atoms with E-state index in [0.717, 1.165) is 43.3 Å². The van der Waals surface area contributed by atoms with Crippen LogP contribution in [0.4, 0.5) is 30.6 Å². The van der Waals surface area contributed by atoms with Crippen molar-refractivity contribution in [3.05, 3.63) is 69.9 Å². The van der Waals surface area contributed by atoms with Crippen molar-refractivity contribution < 1.29 is 31.1 Å². The third-order valence-corrected chi connectivity index (χ3v) is 9.05. The van der Waals surface area contributed by atoms with Crippen molar-refractivity contribution in [3.8, 4) is 5.75 Å². The molecule has 1 aliphatic carbocycles. The minimum atomic E-state index is -4.79. The molecule has 5 rings (SSSR count). The molecular weight excluding hydrogens is 647 g/mol. The average molecular weight is 682 g/mol. The van der Waals surface area contributed by atoms with Crippen molar-refractivity contribution in [2.45, 2.75) is 43.6 Å². The van der Waals surface area contributed by atoms with Crippen LogP contribution in [0.3, 0.4) is 0 Å². The summed E-state index contributed by atoms with van der Waals surface area (Å²) in [4.78, 5) is 23.3. The molecule has 0 radical (unpaired) electrons. The number of anilines is 3. The fourth-order valence-electron chi connectivity index (χ4n) is 5.69. The number of hydrogen-bond donors (Lipinski definition) is 4. The molecule has 16 heteroatoms. The van der Waals surface area contributed by atoms with E-state index in [-0.39, 0.29) is 45.8 Å². The Labute approximate surface area is 270 Å². The van der Waals surface area contributed by atoms with Crippen LogP contribution in [-0.2, 0) is 22.4 Å². The number of benzene rings is 2. The van der Waals surface area contributed by atoms with E-state index in [1.165, 1.54) is 19.2 Å². The summed E-state index contributed by atoms with van der Waals surface area (Å²) in [5, 5.41) is 11.8. The van der Waals surface area contributed by atoms with E-state index in [2.05, 4.69) is 36.1 Å². The molecular formula is C30H35ClF3N7O4S. The van der Waals surface area contributed by atoms with E-state index in [0.29, 0.717) is 12.6 Å². The Morgan fingerprint density at radius 3 is 2.57 bits per heavy atom. The number of nitrogens with one attached hydrogen (secondary N) is 4. The summed E-state index contributed by atoms with van der Waals surface area (Å²) in [5.74, 6) is -1.21. The largest absolute Gasteiger partial charge is 0.495 e. The van der Waals surface area contributed by atoms with Crippen molar-refractivity contribution in [2.24, 2.45) is 0 Å². The lowest BCUT2D eigenvalue weighted by Gasteiger charge is -2.29. The number of rotatable bonds is 10. The summed E-state index contributed by atoms with van der Waals surface area (Å²) >= 11 is 6.50. The summed E-state index contributed by atoms with van der Waals surface area (Å²) in [7, 11) is -0.00894. The summed E-state index contributed by atoms with van der Waals surface area (Å²) in [6.45, 7) is 1.72. The molecule has 1 fully saturated rings. The van der Waals surface area contributed by atoms with Crippen LogP contribution in [0, 0.1) is 0 Å². The molecule has 4 N–H and O–H groups in total. The highest BCUT2D eigenvalue weighted by Crippen LogP contribution is 2.39. The number of hydrogen-bond acceptors (Lipinski definition) is 10. The second-order valence-electron chi connectivity index (χ2n) is 11.6. The number of aromatic nitrogens is 2. The first-order chi connectivity index (χ1) is 21.7. The number of alkyl halides is 3. The van der Waals surface area contributed by atoms with E-state index in [4.69, 9.17) is 16.3 Å². The number of carbonyl (C=O) groups is 1. The van der Waals surface area contributed by atoms with Gasteiger partial charge in [-0.2, -0.15) is 18.2 Å². The average Bonchev–Trinajstić information content (AvgIpc) is 3.33. The Hall–Kier alpha value is -3.66. The zero-order chi connectivity index (χ0) is 33.2. The topological polar surface area (TPSA) is 138 Å². The van der Waals surface area contributed by atoms with Gasteiger partial charge in [0.25, 0.3) is 5.91 Å². The molecule has 2 aliphatic rings. The zero-order valence-corrected chi connectivity index (χ0v) is 27.0. The van der Waals surface area contributed by atoms with Gasteiger partial charge in [-0.25, -0.2) is 13.4 Å². The predicted octanol–water partition coefficient (Wildman–Crippen LogP) is 4.39. The number of piperidine rings is 1. The highest BCUT2D eigenvalue weighted by Gasteiger charge is 2.39. The number of amides is 1. The fraction of sp³-hybridized carbons (Fsp3) is 0.433. The lowest BCUT2D eigenvalue weighted by Crippen LogP contribution is -2.43. The molecule has 3 aromatic rings. The molecule has 1 amide bonds. The summed E-state index contributed by atoms with van der Waals surface area (Å²) in [6, 6.07) is 8.86. The molecule has 0 bridgehead atoms. The molecule has 248 valence electrons. The Bertz CT molecular complexity index is 1700. The van der Waals surface area contributed by atoms with Crippen LogP contribution in [-0.4, -0.2) is 80.7 Å².